The van der Waals surface area contributed by atoms with Gasteiger partial charge in [0.25, 0.3) is 5.95 Å². The molecule has 0 aliphatic heterocycles. The highest BCUT2D eigenvalue weighted by atomic mass is 32.1. The topological polar surface area (TPSA) is 35.0 Å². The van der Waals surface area contributed by atoms with E-state index in [9.17, 15) is 4.39 Å². The van der Waals surface area contributed by atoms with Gasteiger partial charge in [0.2, 0.25) is 0 Å². The molecule has 0 atom stereocenters. The van der Waals surface area contributed by atoms with Crippen LogP contribution in [0.15, 0.2) is 23.7 Å². The summed E-state index contributed by atoms with van der Waals surface area (Å²) >= 11 is 1.60. The molecule has 0 aromatic carbocycles. The first-order chi connectivity index (χ1) is 8.16. The molecule has 2 rings (SSSR count). The summed E-state index contributed by atoms with van der Waals surface area (Å²) in [6, 6.07) is 3.19. The van der Waals surface area contributed by atoms with Gasteiger partial charge in [0, 0.05) is 17.5 Å². The average molecular weight is 252 g/mol. The van der Waals surface area contributed by atoms with Crippen LogP contribution in [0.25, 0.3) is 0 Å². The van der Waals surface area contributed by atoms with Crippen LogP contribution in [0.4, 0.5) is 4.39 Å². The maximum atomic E-state index is 13.2. The second-order valence-corrected chi connectivity index (χ2v) is 4.80. The molecule has 90 valence electrons. The van der Waals surface area contributed by atoms with E-state index in [4.69, 9.17) is 4.74 Å². The van der Waals surface area contributed by atoms with E-state index in [0.29, 0.717) is 5.92 Å². The van der Waals surface area contributed by atoms with E-state index in [-0.39, 0.29) is 12.4 Å². The monoisotopic (exact) mass is 252 g/mol. The third kappa shape index (κ3) is 3.00. The van der Waals surface area contributed by atoms with Crippen molar-refractivity contribution in [2.45, 2.75) is 26.4 Å². The third-order valence-electron chi connectivity index (χ3n) is 2.16. The van der Waals surface area contributed by atoms with Crippen LogP contribution in [0.1, 0.15) is 30.5 Å². The minimum atomic E-state index is -0.591. The van der Waals surface area contributed by atoms with E-state index < -0.39 is 5.95 Å². The van der Waals surface area contributed by atoms with Gasteiger partial charge >= 0.3 is 0 Å². The summed E-state index contributed by atoms with van der Waals surface area (Å²) < 4.78 is 18.5. The predicted octanol–water partition coefficient (Wildman–Crippen LogP) is 3.38. The Hall–Kier alpha value is -1.49. The highest BCUT2D eigenvalue weighted by Crippen LogP contribution is 2.20. The molecule has 2 aromatic rings. The van der Waals surface area contributed by atoms with Crippen LogP contribution >= 0.6 is 11.3 Å². The fraction of sp³-hybridized carbons (Fsp3) is 0.333. The Balaban J connectivity index is 2.00. The molecule has 0 radical (unpaired) electrons. The summed E-state index contributed by atoms with van der Waals surface area (Å²) in [7, 11) is 0. The van der Waals surface area contributed by atoms with E-state index in [1.807, 2.05) is 5.38 Å². The van der Waals surface area contributed by atoms with Gasteiger partial charge < -0.3 is 4.74 Å². The molecular formula is C12H13FN2OS. The molecular weight excluding hydrogens is 239 g/mol. The predicted molar refractivity (Wildman–Crippen MR) is 64.7 cm³/mol. The normalized spacial score (nSPS) is 10.8. The molecule has 5 heteroatoms. The van der Waals surface area contributed by atoms with Gasteiger partial charge in [-0.15, -0.1) is 11.3 Å². The van der Waals surface area contributed by atoms with Crippen molar-refractivity contribution in [3.05, 3.63) is 40.4 Å². The molecule has 0 aliphatic carbocycles. The highest BCUT2D eigenvalue weighted by molar-refractivity contribution is 7.09. The maximum Gasteiger partial charge on any atom is 0.255 e. The van der Waals surface area contributed by atoms with Gasteiger partial charge in [0.05, 0.1) is 10.7 Å². The Morgan fingerprint density at radius 1 is 1.47 bits per heavy atom. The minimum Gasteiger partial charge on any atom is -0.482 e. The van der Waals surface area contributed by atoms with E-state index >= 15 is 0 Å². The van der Waals surface area contributed by atoms with Crippen LogP contribution < -0.4 is 4.74 Å². The second-order valence-electron chi connectivity index (χ2n) is 3.91. The number of pyridine rings is 1. The van der Waals surface area contributed by atoms with Crippen molar-refractivity contribution in [1.82, 2.24) is 9.97 Å². The van der Waals surface area contributed by atoms with Crippen molar-refractivity contribution < 1.29 is 9.13 Å². The van der Waals surface area contributed by atoms with E-state index in [2.05, 4.69) is 23.8 Å². The Labute approximate surface area is 103 Å². The van der Waals surface area contributed by atoms with Crippen LogP contribution in [0.5, 0.6) is 5.75 Å². The Kier molecular flexibility index (Phi) is 3.68. The Morgan fingerprint density at radius 3 is 2.94 bits per heavy atom. The summed E-state index contributed by atoms with van der Waals surface area (Å²) in [4.78, 5) is 7.92. The zero-order chi connectivity index (χ0) is 12.3. The molecule has 0 unspecified atom stereocenters. The lowest BCUT2D eigenvalue weighted by molar-refractivity contribution is 0.282. The Morgan fingerprint density at radius 2 is 2.29 bits per heavy atom. The number of rotatable bonds is 4. The van der Waals surface area contributed by atoms with Crippen molar-refractivity contribution in [2.24, 2.45) is 0 Å². The molecule has 0 amide bonds. The maximum absolute atomic E-state index is 13.2. The smallest absolute Gasteiger partial charge is 0.255 e. The number of hydrogen-bond acceptors (Lipinski definition) is 4. The molecule has 0 aliphatic rings. The molecule has 0 saturated heterocycles. The number of hydrogen-bond donors (Lipinski definition) is 0. The SMILES string of the molecule is CC(C)c1nc(COc2cccnc2F)cs1. The number of thiazole rings is 1. The molecule has 3 nitrogen and oxygen atoms in total. The van der Waals surface area contributed by atoms with Gasteiger partial charge in [0.15, 0.2) is 5.75 Å². The molecule has 0 saturated carbocycles. The summed E-state index contributed by atoms with van der Waals surface area (Å²) in [5.41, 5.74) is 0.821. The fourth-order valence-electron chi connectivity index (χ4n) is 1.28. The largest absolute Gasteiger partial charge is 0.482 e. The lowest BCUT2D eigenvalue weighted by Crippen LogP contribution is -1.99. The highest BCUT2D eigenvalue weighted by Gasteiger charge is 2.08. The number of aromatic nitrogens is 2. The van der Waals surface area contributed by atoms with Gasteiger partial charge in [-0.25, -0.2) is 9.97 Å². The molecule has 0 spiro atoms. The minimum absolute atomic E-state index is 0.159. The first-order valence-electron chi connectivity index (χ1n) is 5.34. The van der Waals surface area contributed by atoms with E-state index in [1.54, 1.807) is 23.5 Å². The van der Waals surface area contributed by atoms with Crippen LogP contribution in [0, 0.1) is 5.95 Å². The van der Waals surface area contributed by atoms with Crippen LogP contribution in [-0.2, 0) is 6.61 Å². The van der Waals surface area contributed by atoms with Gasteiger partial charge in [-0.3, -0.25) is 0 Å². The van der Waals surface area contributed by atoms with Gasteiger partial charge in [-0.1, -0.05) is 13.8 Å². The number of halogens is 1. The quantitative estimate of drug-likeness (QED) is 0.782. The zero-order valence-corrected chi connectivity index (χ0v) is 10.5. The van der Waals surface area contributed by atoms with Crippen LogP contribution in [-0.4, -0.2) is 9.97 Å². The molecule has 2 aromatic heterocycles. The Bertz CT molecular complexity index is 499. The molecule has 0 fully saturated rings. The first-order valence-corrected chi connectivity index (χ1v) is 6.22. The second kappa shape index (κ2) is 5.23. The molecule has 2 heterocycles. The van der Waals surface area contributed by atoms with Crippen molar-refractivity contribution in [1.29, 1.82) is 0 Å². The summed E-state index contributed by atoms with van der Waals surface area (Å²) in [5.74, 6) is -0.0257. The van der Waals surface area contributed by atoms with Crippen LogP contribution in [0.2, 0.25) is 0 Å². The first kappa shape index (κ1) is 12.0. The third-order valence-corrected chi connectivity index (χ3v) is 3.36. The van der Waals surface area contributed by atoms with E-state index in [1.165, 1.54) is 6.20 Å². The van der Waals surface area contributed by atoms with Gasteiger partial charge in [-0.05, 0) is 12.1 Å². The summed E-state index contributed by atoms with van der Waals surface area (Å²) in [6.07, 6.45) is 1.39. The van der Waals surface area contributed by atoms with Crippen molar-refractivity contribution >= 4 is 11.3 Å². The fourth-order valence-corrected chi connectivity index (χ4v) is 2.10. The van der Waals surface area contributed by atoms with Gasteiger partial charge in [-0.2, -0.15) is 4.39 Å². The zero-order valence-electron chi connectivity index (χ0n) is 9.68. The van der Waals surface area contributed by atoms with E-state index in [0.717, 1.165) is 10.7 Å². The number of nitrogens with zero attached hydrogens (tertiary/aromatic N) is 2. The lowest BCUT2D eigenvalue weighted by Gasteiger charge is -2.04. The van der Waals surface area contributed by atoms with Crippen LogP contribution in [0.3, 0.4) is 0 Å². The van der Waals surface area contributed by atoms with Crippen molar-refractivity contribution in [3.63, 3.8) is 0 Å². The standard InChI is InChI=1S/C12H13FN2OS/c1-8(2)12-15-9(7-17-12)6-16-10-4-3-5-14-11(10)13/h3-5,7-8H,6H2,1-2H3. The average Bonchev–Trinajstić information content (AvgIpc) is 2.77. The summed E-state index contributed by atoms with van der Waals surface area (Å²) in [6.45, 7) is 4.44. The molecule has 0 bridgehead atoms. The van der Waals surface area contributed by atoms with Crippen molar-refractivity contribution in [3.8, 4) is 5.75 Å². The molecule has 0 N–H and O–H groups in total. The van der Waals surface area contributed by atoms with Gasteiger partial charge in [0.1, 0.15) is 6.61 Å². The number of ether oxygens (including phenoxy) is 1. The summed E-state index contributed by atoms with van der Waals surface area (Å²) in [5, 5.41) is 3.00. The lowest BCUT2D eigenvalue weighted by atomic mass is 10.2. The molecule has 17 heavy (non-hydrogen) atoms. The van der Waals surface area contributed by atoms with Crippen molar-refractivity contribution in [2.75, 3.05) is 0 Å².